The molecular weight excluding hydrogens is 499 g/mol. The minimum absolute atomic E-state index is 0.0125. The molecule has 0 unspecified atom stereocenters. The highest BCUT2D eigenvalue weighted by molar-refractivity contribution is 9.10. The minimum Gasteiger partial charge on any atom is -0.296 e. The largest absolute Gasteiger partial charge is 0.296 e. The number of hydrogen-bond acceptors (Lipinski definition) is 6. The number of hydrogen-bond donors (Lipinski definition) is 2. The summed E-state index contributed by atoms with van der Waals surface area (Å²) in [5, 5.41) is 10.4. The molecular formula is C15H9BrCl2N4O3S2. The number of carbonyl (C=O) groups is 1. The van der Waals surface area contributed by atoms with E-state index in [1.54, 1.807) is 24.3 Å². The van der Waals surface area contributed by atoms with Crippen molar-refractivity contribution in [1.29, 1.82) is 0 Å². The normalized spacial score (nSPS) is 11.2. The Hall–Kier alpha value is -1.72. The van der Waals surface area contributed by atoms with Crippen molar-refractivity contribution in [2.24, 2.45) is 0 Å². The Labute approximate surface area is 176 Å². The summed E-state index contributed by atoms with van der Waals surface area (Å²) in [4.78, 5) is 12.3. The van der Waals surface area contributed by atoms with Gasteiger partial charge in [0.15, 0.2) is 0 Å². The summed E-state index contributed by atoms with van der Waals surface area (Å²) < 4.78 is 27.6. The molecule has 140 valence electrons. The molecule has 0 spiro atoms. The van der Waals surface area contributed by atoms with E-state index in [0.29, 0.717) is 26.5 Å². The van der Waals surface area contributed by atoms with Crippen molar-refractivity contribution >= 4 is 77.2 Å². The SMILES string of the molecule is O=C(Nc1nnc(S(=O)(=O)Nc2ccccc2Br)s1)c1ccc(Cl)cc1Cl. The van der Waals surface area contributed by atoms with Gasteiger partial charge in [-0.15, -0.1) is 10.2 Å². The van der Waals surface area contributed by atoms with Crippen LogP contribution in [0.3, 0.4) is 0 Å². The molecule has 1 amide bonds. The second kappa shape index (κ2) is 8.11. The van der Waals surface area contributed by atoms with E-state index in [-0.39, 0.29) is 20.1 Å². The third-order valence-corrected chi connectivity index (χ3v) is 6.96. The summed E-state index contributed by atoms with van der Waals surface area (Å²) in [6.45, 7) is 0. The van der Waals surface area contributed by atoms with E-state index in [1.807, 2.05) is 0 Å². The Morgan fingerprint density at radius 3 is 2.56 bits per heavy atom. The quantitative estimate of drug-likeness (QED) is 0.489. The van der Waals surface area contributed by atoms with Gasteiger partial charge in [-0.05, 0) is 46.3 Å². The number of para-hydroxylation sites is 1. The van der Waals surface area contributed by atoms with E-state index in [4.69, 9.17) is 23.2 Å². The molecule has 12 heteroatoms. The summed E-state index contributed by atoms with van der Waals surface area (Å²) in [7, 11) is -3.96. The first-order chi connectivity index (χ1) is 12.8. The van der Waals surface area contributed by atoms with Gasteiger partial charge in [-0.25, -0.2) is 0 Å². The maximum atomic E-state index is 12.4. The zero-order valence-corrected chi connectivity index (χ0v) is 17.8. The summed E-state index contributed by atoms with van der Waals surface area (Å²) in [5.41, 5.74) is 0.526. The molecule has 2 N–H and O–H groups in total. The number of benzene rings is 2. The number of amides is 1. The van der Waals surface area contributed by atoms with Crippen molar-refractivity contribution < 1.29 is 13.2 Å². The Morgan fingerprint density at radius 1 is 1.11 bits per heavy atom. The van der Waals surface area contributed by atoms with E-state index >= 15 is 0 Å². The number of carbonyl (C=O) groups excluding carboxylic acids is 1. The Bertz CT molecular complexity index is 1120. The van der Waals surface area contributed by atoms with E-state index in [1.165, 1.54) is 18.2 Å². The first kappa shape index (κ1) is 20.0. The number of nitrogens with one attached hydrogen (secondary N) is 2. The van der Waals surface area contributed by atoms with Crippen LogP contribution in [0.15, 0.2) is 51.3 Å². The van der Waals surface area contributed by atoms with Crippen molar-refractivity contribution in [2.75, 3.05) is 10.0 Å². The van der Waals surface area contributed by atoms with Gasteiger partial charge in [0.1, 0.15) is 0 Å². The molecule has 0 bridgehead atoms. The fraction of sp³-hybridized carbons (Fsp3) is 0. The molecule has 2 aromatic carbocycles. The predicted octanol–water partition coefficient (Wildman–Crippen LogP) is 4.66. The number of rotatable bonds is 5. The first-order valence-electron chi connectivity index (χ1n) is 7.13. The summed E-state index contributed by atoms with van der Waals surface area (Å²) in [6, 6.07) is 11.1. The van der Waals surface area contributed by atoms with Crippen molar-refractivity contribution in [3.05, 3.63) is 62.5 Å². The van der Waals surface area contributed by atoms with Crippen LogP contribution in [-0.2, 0) is 10.0 Å². The van der Waals surface area contributed by atoms with E-state index in [9.17, 15) is 13.2 Å². The highest BCUT2D eigenvalue weighted by Gasteiger charge is 2.22. The Balaban J connectivity index is 1.78. The molecule has 0 radical (unpaired) electrons. The van der Waals surface area contributed by atoms with Gasteiger partial charge in [0.25, 0.3) is 20.3 Å². The maximum absolute atomic E-state index is 12.4. The average molecular weight is 508 g/mol. The van der Waals surface area contributed by atoms with E-state index in [0.717, 1.165) is 0 Å². The maximum Gasteiger partial charge on any atom is 0.291 e. The number of halogens is 3. The Morgan fingerprint density at radius 2 is 1.85 bits per heavy atom. The van der Waals surface area contributed by atoms with Gasteiger partial charge in [-0.2, -0.15) is 8.42 Å². The molecule has 7 nitrogen and oxygen atoms in total. The first-order valence-corrected chi connectivity index (χ1v) is 11.0. The molecule has 0 saturated heterocycles. The lowest BCUT2D eigenvalue weighted by Crippen LogP contribution is -2.13. The predicted molar refractivity (Wildman–Crippen MR) is 109 cm³/mol. The zero-order chi connectivity index (χ0) is 19.6. The van der Waals surface area contributed by atoms with Gasteiger partial charge in [0.2, 0.25) is 5.13 Å². The van der Waals surface area contributed by atoms with Crippen LogP contribution in [0, 0.1) is 0 Å². The average Bonchev–Trinajstić information content (AvgIpc) is 3.06. The second-order valence-electron chi connectivity index (χ2n) is 5.04. The molecule has 3 aromatic rings. The van der Waals surface area contributed by atoms with Crippen LogP contribution in [0.1, 0.15) is 10.4 Å². The molecule has 0 atom stereocenters. The molecule has 0 saturated carbocycles. The number of sulfonamides is 1. The fourth-order valence-electron chi connectivity index (χ4n) is 1.94. The van der Waals surface area contributed by atoms with Crippen LogP contribution in [0.25, 0.3) is 0 Å². The van der Waals surface area contributed by atoms with Crippen molar-refractivity contribution in [2.45, 2.75) is 4.34 Å². The van der Waals surface area contributed by atoms with Crippen molar-refractivity contribution in [3.8, 4) is 0 Å². The Kier molecular flexibility index (Phi) is 6.02. The van der Waals surface area contributed by atoms with Crippen LogP contribution in [0.4, 0.5) is 10.8 Å². The lowest BCUT2D eigenvalue weighted by Gasteiger charge is -2.06. The van der Waals surface area contributed by atoms with Crippen LogP contribution in [0.2, 0.25) is 10.0 Å². The lowest BCUT2D eigenvalue weighted by atomic mass is 10.2. The lowest BCUT2D eigenvalue weighted by molar-refractivity contribution is 0.102. The standard InChI is InChI=1S/C15H9BrCl2N4O3S2/c16-10-3-1-2-4-12(10)22-27(24,25)15-21-20-14(26-15)19-13(23)9-6-5-8(17)7-11(9)18/h1-7,22H,(H,19,20,23). The van der Waals surface area contributed by atoms with Crippen LogP contribution in [-0.4, -0.2) is 24.5 Å². The summed E-state index contributed by atoms with van der Waals surface area (Å²) in [6.07, 6.45) is 0. The molecule has 0 aliphatic rings. The van der Waals surface area contributed by atoms with Crippen molar-refractivity contribution in [1.82, 2.24) is 10.2 Å². The summed E-state index contributed by atoms with van der Waals surface area (Å²) >= 11 is 15.8. The fourth-order valence-corrected chi connectivity index (χ4v) is 4.92. The van der Waals surface area contributed by atoms with E-state index < -0.39 is 15.9 Å². The monoisotopic (exact) mass is 506 g/mol. The summed E-state index contributed by atoms with van der Waals surface area (Å²) in [5.74, 6) is -0.560. The second-order valence-corrected chi connectivity index (χ2v) is 9.57. The number of nitrogens with zero attached hydrogens (tertiary/aromatic N) is 2. The number of anilines is 2. The highest BCUT2D eigenvalue weighted by atomic mass is 79.9. The molecule has 0 aliphatic carbocycles. The molecule has 0 fully saturated rings. The molecule has 1 aromatic heterocycles. The van der Waals surface area contributed by atoms with Crippen LogP contribution in [0.5, 0.6) is 0 Å². The van der Waals surface area contributed by atoms with Gasteiger partial charge >= 0.3 is 0 Å². The minimum atomic E-state index is -3.96. The van der Waals surface area contributed by atoms with Crippen LogP contribution < -0.4 is 10.0 Å². The molecule has 27 heavy (non-hydrogen) atoms. The van der Waals surface area contributed by atoms with Gasteiger partial charge in [-0.3, -0.25) is 14.8 Å². The zero-order valence-electron chi connectivity index (χ0n) is 13.1. The number of aromatic nitrogens is 2. The topological polar surface area (TPSA) is 101 Å². The van der Waals surface area contributed by atoms with Crippen LogP contribution >= 0.6 is 50.5 Å². The third-order valence-electron chi connectivity index (χ3n) is 3.15. The molecule has 0 aliphatic heterocycles. The smallest absolute Gasteiger partial charge is 0.291 e. The van der Waals surface area contributed by atoms with Gasteiger partial charge in [0, 0.05) is 9.50 Å². The van der Waals surface area contributed by atoms with Gasteiger partial charge < -0.3 is 0 Å². The molecule has 1 heterocycles. The highest BCUT2D eigenvalue weighted by Crippen LogP contribution is 2.27. The molecule has 3 rings (SSSR count). The third kappa shape index (κ3) is 4.77. The van der Waals surface area contributed by atoms with Crippen molar-refractivity contribution in [3.63, 3.8) is 0 Å². The van der Waals surface area contributed by atoms with Gasteiger partial charge in [-0.1, -0.05) is 46.7 Å². The van der Waals surface area contributed by atoms with E-state index in [2.05, 4.69) is 36.2 Å². The van der Waals surface area contributed by atoms with Gasteiger partial charge in [0.05, 0.1) is 16.3 Å².